The van der Waals surface area contributed by atoms with Crippen LogP contribution in [-0.2, 0) is 20.8 Å². The highest BCUT2D eigenvalue weighted by atomic mass is 16.6. The summed E-state index contributed by atoms with van der Waals surface area (Å²) >= 11 is 0. The summed E-state index contributed by atoms with van der Waals surface area (Å²) in [5.41, 5.74) is 1.38. The molecule has 35 heavy (non-hydrogen) atoms. The first kappa shape index (κ1) is 25.9. The Kier molecular flexibility index (Phi) is 9.37. The third-order valence-corrected chi connectivity index (χ3v) is 7.54. The maximum atomic E-state index is 12.6. The third kappa shape index (κ3) is 7.16. The maximum absolute atomic E-state index is 12.6. The number of benzene rings is 1. The number of cyclic esters (lactones) is 1. The van der Waals surface area contributed by atoms with Gasteiger partial charge in [0.2, 0.25) is 0 Å². The lowest BCUT2D eigenvalue weighted by molar-refractivity contribution is -0.142. The van der Waals surface area contributed by atoms with Gasteiger partial charge in [-0.1, -0.05) is 30.3 Å². The van der Waals surface area contributed by atoms with Crippen LogP contribution in [-0.4, -0.2) is 128 Å². The van der Waals surface area contributed by atoms with Crippen LogP contribution in [0.1, 0.15) is 25.3 Å². The molecule has 0 radical (unpaired) electrons. The van der Waals surface area contributed by atoms with Crippen molar-refractivity contribution < 1.29 is 19.1 Å². The third-order valence-electron chi connectivity index (χ3n) is 7.54. The molecule has 2 unspecified atom stereocenters. The van der Waals surface area contributed by atoms with Gasteiger partial charge < -0.3 is 19.3 Å². The molecule has 2 atom stereocenters. The Morgan fingerprint density at radius 2 is 1.54 bits per heavy atom. The van der Waals surface area contributed by atoms with Crippen LogP contribution in [0.2, 0.25) is 0 Å². The first-order chi connectivity index (χ1) is 17.0. The van der Waals surface area contributed by atoms with Gasteiger partial charge in [0.15, 0.2) is 6.23 Å². The van der Waals surface area contributed by atoms with Crippen molar-refractivity contribution in [1.29, 1.82) is 0 Å². The van der Waals surface area contributed by atoms with Gasteiger partial charge >= 0.3 is 12.1 Å². The number of hydrogen-bond acceptors (Lipinski definition) is 8. The minimum Gasteiger partial charge on any atom is -0.468 e. The Morgan fingerprint density at radius 1 is 0.914 bits per heavy atom. The van der Waals surface area contributed by atoms with Gasteiger partial charge in [0.25, 0.3) is 0 Å². The molecule has 3 aliphatic heterocycles. The lowest BCUT2D eigenvalue weighted by atomic mass is 10.2. The second kappa shape index (κ2) is 12.7. The van der Waals surface area contributed by atoms with Crippen molar-refractivity contribution >= 4 is 12.1 Å². The lowest BCUT2D eigenvalue weighted by Gasteiger charge is -2.37. The number of nitrogens with zero attached hydrogens (tertiary/aromatic N) is 5. The van der Waals surface area contributed by atoms with Crippen LogP contribution in [0.5, 0.6) is 0 Å². The van der Waals surface area contributed by atoms with Gasteiger partial charge in [-0.25, -0.2) is 4.79 Å². The lowest BCUT2D eigenvalue weighted by Crippen LogP contribution is -2.54. The van der Waals surface area contributed by atoms with Gasteiger partial charge in [0.1, 0.15) is 0 Å². The van der Waals surface area contributed by atoms with Gasteiger partial charge in [-0.3, -0.25) is 19.5 Å². The summed E-state index contributed by atoms with van der Waals surface area (Å²) < 4.78 is 10.5. The van der Waals surface area contributed by atoms with E-state index in [1.54, 1.807) is 0 Å². The van der Waals surface area contributed by atoms with E-state index in [2.05, 4.69) is 56.9 Å². The summed E-state index contributed by atoms with van der Waals surface area (Å²) in [5.74, 6) is -0.209. The van der Waals surface area contributed by atoms with Crippen molar-refractivity contribution in [3.05, 3.63) is 35.9 Å². The Bertz CT molecular complexity index is 809. The number of rotatable bonds is 10. The van der Waals surface area contributed by atoms with Crippen LogP contribution >= 0.6 is 0 Å². The van der Waals surface area contributed by atoms with E-state index in [1.165, 1.54) is 12.7 Å². The average molecular weight is 488 g/mol. The summed E-state index contributed by atoms with van der Waals surface area (Å²) in [6.07, 6.45) is 1.67. The molecule has 0 spiro atoms. The predicted molar refractivity (Wildman–Crippen MR) is 134 cm³/mol. The fraction of sp³-hybridized carbons (Fsp3) is 0.692. The van der Waals surface area contributed by atoms with E-state index in [0.717, 1.165) is 84.8 Å². The fourth-order valence-corrected chi connectivity index (χ4v) is 5.32. The van der Waals surface area contributed by atoms with E-state index in [0.29, 0.717) is 6.54 Å². The second-order valence-electron chi connectivity index (χ2n) is 9.91. The zero-order chi connectivity index (χ0) is 24.6. The normalized spacial score (nSPS) is 25.1. The van der Waals surface area contributed by atoms with Crippen molar-refractivity contribution in [2.45, 2.75) is 38.6 Å². The molecule has 1 amide bonds. The topological polar surface area (TPSA) is 68.8 Å². The number of hydrogen-bond donors (Lipinski definition) is 0. The van der Waals surface area contributed by atoms with E-state index >= 15 is 0 Å². The van der Waals surface area contributed by atoms with Crippen LogP contribution < -0.4 is 0 Å². The predicted octanol–water partition coefficient (Wildman–Crippen LogP) is 1.54. The van der Waals surface area contributed by atoms with E-state index in [9.17, 15) is 9.59 Å². The largest absolute Gasteiger partial charge is 0.468 e. The second-order valence-corrected chi connectivity index (χ2v) is 9.91. The van der Waals surface area contributed by atoms with Crippen molar-refractivity contribution in [2.24, 2.45) is 0 Å². The number of amides is 1. The molecular formula is C26H41N5O4. The van der Waals surface area contributed by atoms with Crippen LogP contribution in [0.3, 0.4) is 0 Å². The van der Waals surface area contributed by atoms with Crippen LogP contribution in [0.25, 0.3) is 0 Å². The summed E-state index contributed by atoms with van der Waals surface area (Å²) in [6, 6.07) is 10.7. The van der Waals surface area contributed by atoms with Gasteiger partial charge in [-0.15, -0.1) is 0 Å². The van der Waals surface area contributed by atoms with Crippen LogP contribution in [0.4, 0.5) is 4.79 Å². The molecular weight excluding hydrogens is 446 g/mol. The Balaban J connectivity index is 1.11. The molecule has 0 saturated carbocycles. The van der Waals surface area contributed by atoms with Gasteiger partial charge in [-0.2, -0.15) is 0 Å². The summed E-state index contributed by atoms with van der Waals surface area (Å²) in [6.45, 7) is 12.8. The quantitative estimate of drug-likeness (QED) is 0.364. The van der Waals surface area contributed by atoms with E-state index in [4.69, 9.17) is 9.47 Å². The minimum absolute atomic E-state index is 0.0381. The highest BCUT2D eigenvalue weighted by Gasteiger charge is 2.42. The molecule has 1 aromatic rings. The number of piperazine rings is 2. The first-order valence-electron chi connectivity index (χ1n) is 13.0. The smallest absolute Gasteiger partial charge is 0.411 e. The molecule has 194 valence electrons. The van der Waals surface area contributed by atoms with E-state index in [-0.39, 0.29) is 24.3 Å². The van der Waals surface area contributed by atoms with E-state index in [1.807, 2.05) is 4.90 Å². The number of methoxy groups -OCH3 is 1. The zero-order valence-corrected chi connectivity index (χ0v) is 21.3. The molecule has 0 N–H and O–H groups in total. The number of esters is 1. The Morgan fingerprint density at radius 3 is 2.23 bits per heavy atom. The van der Waals surface area contributed by atoms with Gasteiger partial charge in [0, 0.05) is 65.4 Å². The standard InChI is InChI=1S/C26H41N5O4/c1-22-25(30-18-16-29(17-19-30)21-24(32)34-2)35-26(33)31(22)11-7-6-10-27-12-14-28(15-13-27)20-23-8-4-3-5-9-23/h3-5,8-9,22,25H,6-7,10-21H2,1-2H3. The van der Waals surface area contributed by atoms with Crippen LogP contribution in [0, 0.1) is 0 Å². The maximum Gasteiger partial charge on any atom is 0.411 e. The number of carbonyl (C=O) groups is 2. The van der Waals surface area contributed by atoms with Crippen molar-refractivity contribution in [3.8, 4) is 0 Å². The molecule has 0 aromatic heterocycles. The minimum atomic E-state index is -0.209. The summed E-state index contributed by atoms with van der Waals surface area (Å²) in [5, 5.41) is 0. The van der Waals surface area contributed by atoms with Gasteiger partial charge in [0.05, 0.1) is 19.7 Å². The average Bonchev–Trinajstić information content (AvgIpc) is 3.17. The molecule has 0 bridgehead atoms. The molecule has 9 nitrogen and oxygen atoms in total. The monoisotopic (exact) mass is 487 g/mol. The van der Waals surface area contributed by atoms with Gasteiger partial charge in [-0.05, 0) is 31.9 Å². The number of unbranched alkanes of at least 4 members (excludes halogenated alkanes) is 1. The zero-order valence-electron chi connectivity index (χ0n) is 21.3. The highest BCUT2D eigenvalue weighted by Crippen LogP contribution is 2.24. The SMILES string of the molecule is COC(=O)CN1CCN(C2OC(=O)N(CCCCN3CCN(Cc4ccccc4)CC3)C2C)CC1. The molecule has 1 aromatic carbocycles. The Labute approximate surface area is 209 Å². The first-order valence-corrected chi connectivity index (χ1v) is 13.0. The summed E-state index contributed by atoms with van der Waals surface area (Å²) in [7, 11) is 1.42. The number of carbonyl (C=O) groups excluding carboxylic acids is 2. The fourth-order valence-electron chi connectivity index (χ4n) is 5.32. The molecule has 0 aliphatic carbocycles. The molecule has 3 aliphatic rings. The Hall–Kier alpha value is -2.20. The highest BCUT2D eigenvalue weighted by molar-refractivity contribution is 5.71. The molecule has 4 rings (SSSR count). The van der Waals surface area contributed by atoms with Crippen molar-refractivity contribution in [1.82, 2.24) is 24.5 Å². The number of ether oxygens (including phenoxy) is 2. The van der Waals surface area contributed by atoms with Crippen LogP contribution in [0.15, 0.2) is 30.3 Å². The van der Waals surface area contributed by atoms with E-state index < -0.39 is 0 Å². The van der Waals surface area contributed by atoms with Crippen molar-refractivity contribution in [3.63, 3.8) is 0 Å². The molecule has 3 fully saturated rings. The van der Waals surface area contributed by atoms with Crippen molar-refractivity contribution in [2.75, 3.05) is 79.1 Å². The molecule has 9 heteroatoms. The summed E-state index contributed by atoms with van der Waals surface area (Å²) in [4.78, 5) is 35.3. The molecule has 3 heterocycles. The molecule has 3 saturated heterocycles.